The molecule has 13 heteroatoms. The summed E-state index contributed by atoms with van der Waals surface area (Å²) >= 11 is 0. The fraction of sp³-hybridized carbons (Fsp3) is 0.500. The summed E-state index contributed by atoms with van der Waals surface area (Å²) in [7, 11) is -3.90. The first-order valence-corrected chi connectivity index (χ1v) is 14.8. The van der Waals surface area contributed by atoms with Crippen molar-refractivity contribution < 1.29 is 41.0 Å². The second-order valence-electron chi connectivity index (χ2n) is 11.2. The Bertz CT molecular complexity index is 1290. The Labute approximate surface area is 238 Å². The van der Waals surface area contributed by atoms with Crippen LogP contribution in [0.4, 0.5) is 23.7 Å². The molecule has 1 aliphatic rings. The molecule has 226 valence electrons. The highest BCUT2D eigenvalue weighted by Gasteiger charge is 2.34. The average molecular weight is 600 g/mol. The van der Waals surface area contributed by atoms with Crippen molar-refractivity contribution >= 4 is 27.7 Å². The Morgan fingerprint density at radius 3 is 2.07 bits per heavy atom. The van der Waals surface area contributed by atoms with Crippen LogP contribution in [0, 0.1) is 11.3 Å². The number of urea groups is 1. The number of ether oxygens (including phenoxy) is 1. The van der Waals surface area contributed by atoms with Gasteiger partial charge in [0.1, 0.15) is 5.75 Å². The number of hydrogen-bond donors (Lipinski definition) is 3. The lowest BCUT2D eigenvalue weighted by Crippen LogP contribution is -2.45. The Hall–Kier alpha value is -3.32. The van der Waals surface area contributed by atoms with Crippen LogP contribution in [-0.2, 0) is 21.4 Å². The van der Waals surface area contributed by atoms with Crippen LogP contribution in [0.3, 0.4) is 0 Å². The molecule has 0 atom stereocenters. The lowest BCUT2D eigenvalue weighted by atomic mass is 9.71. The van der Waals surface area contributed by atoms with E-state index in [1.165, 1.54) is 24.3 Å². The van der Waals surface area contributed by atoms with Crippen molar-refractivity contribution in [2.45, 2.75) is 76.7 Å². The number of carbonyl (C=O) groups excluding carboxylic acids is 1. The summed E-state index contributed by atoms with van der Waals surface area (Å²) in [5, 5.41) is 11.5. The summed E-state index contributed by atoms with van der Waals surface area (Å²) in [6, 6.07) is 10.3. The number of halogens is 3. The van der Waals surface area contributed by atoms with Gasteiger partial charge in [-0.15, -0.1) is 13.2 Å². The molecular weight excluding hydrogens is 563 g/mol. The smallest absolute Gasteiger partial charge is 0.481 e. The van der Waals surface area contributed by atoms with E-state index in [0.29, 0.717) is 17.2 Å². The first-order valence-electron chi connectivity index (χ1n) is 13.3. The SMILES string of the molecule is CC(C)(C)C1CCC(N(Cc2ccc(S(=O)(=O)NCCC(=O)O)cc2)C(=O)Nc2ccc(OC(F)(F)F)cc2)CC1. The molecule has 0 radical (unpaired) electrons. The van der Waals surface area contributed by atoms with E-state index in [0.717, 1.165) is 37.8 Å². The number of nitrogens with zero attached hydrogens (tertiary/aromatic N) is 1. The highest BCUT2D eigenvalue weighted by atomic mass is 32.2. The molecule has 0 spiro atoms. The number of rotatable bonds is 10. The molecular formula is C28H36F3N3O6S. The maximum absolute atomic E-state index is 13.5. The van der Waals surface area contributed by atoms with Gasteiger partial charge in [0.05, 0.1) is 11.3 Å². The third kappa shape index (κ3) is 9.92. The van der Waals surface area contributed by atoms with E-state index in [1.807, 2.05) is 0 Å². The number of hydrogen-bond acceptors (Lipinski definition) is 5. The maximum atomic E-state index is 13.5. The molecule has 0 bridgehead atoms. The second-order valence-corrected chi connectivity index (χ2v) is 13.0. The number of benzene rings is 2. The lowest BCUT2D eigenvalue weighted by Gasteiger charge is -2.41. The van der Waals surface area contributed by atoms with Gasteiger partial charge in [-0.1, -0.05) is 32.9 Å². The molecule has 41 heavy (non-hydrogen) atoms. The number of sulfonamides is 1. The summed E-state index contributed by atoms with van der Waals surface area (Å²) in [5.41, 5.74) is 1.11. The molecule has 0 aromatic heterocycles. The highest BCUT2D eigenvalue weighted by molar-refractivity contribution is 7.89. The van der Waals surface area contributed by atoms with Gasteiger partial charge in [0.25, 0.3) is 0 Å². The first-order chi connectivity index (χ1) is 19.0. The van der Waals surface area contributed by atoms with Crippen LogP contribution in [0.5, 0.6) is 5.75 Å². The van der Waals surface area contributed by atoms with Gasteiger partial charge in [0.2, 0.25) is 10.0 Å². The van der Waals surface area contributed by atoms with E-state index in [4.69, 9.17) is 5.11 Å². The van der Waals surface area contributed by atoms with Crippen LogP contribution in [0.2, 0.25) is 0 Å². The van der Waals surface area contributed by atoms with E-state index in [1.54, 1.807) is 17.0 Å². The van der Waals surface area contributed by atoms with Crippen molar-refractivity contribution in [1.29, 1.82) is 0 Å². The summed E-state index contributed by atoms with van der Waals surface area (Å²) < 4.78 is 68.5. The number of anilines is 1. The molecule has 9 nitrogen and oxygen atoms in total. The Kier molecular flexibility index (Phi) is 10.3. The number of nitrogens with one attached hydrogen (secondary N) is 2. The van der Waals surface area contributed by atoms with Gasteiger partial charge in [-0.05, 0) is 79.0 Å². The molecule has 0 unspecified atom stereocenters. The van der Waals surface area contributed by atoms with Gasteiger partial charge < -0.3 is 20.1 Å². The predicted octanol–water partition coefficient (Wildman–Crippen LogP) is 5.98. The molecule has 2 amide bonds. The van der Waals surface area contributed by atoms with Gasteiger partial charge in [0, 0.05) is 24.8 Å². The third-order valence-corrected chi connectivity index (χ3v) is 8.66. The number of carbonyl (C=O) groups is 2. The minimum absolute atomic E-state index is 0.0329. The maximum Gasteiger partial charge on any atom is 0.573 e. The van der Waals surface area contributed by atoms with Crippen molar-refractivity contribution in [2.24, 2.45) is 11.3 Å². The summed E-state index contributed by atoms with van der Waals surface area (Å²) in [4.78, 5) is 25.8. The van der Waals surface area contributed by atoms with Crippen LogP contribution >= 0.6 is 0 Å². The van der Waals surface area contributed by atoms with Gasteiger partial charge >= 0.3 is 18.4 Å². The van der Waals surface area contributed by atoms with Gasteiger partial charge in [-0.25, -0.2) is 17.9 Å². The third-order valence-electron chi connectivity index (χ3n) is 7.18. The Morgan fingerprint density at radius 1 is 0.976 bits per heavy atom. The lowest BCUT2D eigenvalue weighted by molar-refractivity contribution is -0.274. The van der Waals surface area contributed by atoms with Crippen LogP contribution in [0.1, 0.15) is 58.4 Å². The predicted molar refractivity (Wildman–Crippen MR) is 147 cm³/mol. The van der Waals surface area contributed by atoms with Crippen LogP contribution in [0.15, 0.2) is 53.4 Å². The quantitative estimate of drug-likeness (QED) is 0.309. The zero-order chi connectivity index (χ0) is 30.4. The number of carboxylic acids is 1. The Balaban J connectivity index is 1.75. The molecule has 3 rings (SSSR count). The average Bonchev–Trinajstić information content (AvgIpc) is 2.87. The molecule has 0 heterocycles. The fourth-order valence-corrected chi connectivity index (χ4v) is 5.93. The van der Waals surface area contributed by atoms with Crippen molar-refractivity contribution in [3.8, 4) is 5.75 Å². The van der Waals surface area contributed by atoms with E-state index in [2.05, 4.69) is 35.5 Å². The number of amides is 2. The van der Waals surface area contributed by atoms with E-state index in [-0.39, 0.29) is 35.9 Å². The van der Waals surface area contributed by atoms with Crippen molar-refractivity contribution in [1.82, 2.24) is 9.62 Å². The molecule has 2 aromatic carbocycles. The number of aliphatic carboxylic acids is 1. The van der Waals surface area contributed by atoms with Crippen LogP contribution < -0.4 is 14.8 Å². The van der Waals surface area contributed by atoms with Crippen molar-refractivity contribution in [3.63, 3.8) is 0 Å². The summed E-state index contributed by atoms with van der Waals surface area (Å²) in [6.45, 7) is 6.52. The van der Waals surface area contributed by atoms with E-state index in [9.17, 15) is 31.2 Å². The standard InChI is InChI=1S/C28H36F3N3O6S/c1-27(2,3)20-6-10-22(11-7-20)34(26(37)33-21-8-12-23(13-9-21)40-28(29,30)31)18-19-4-14-24(15-5-19)41(38,39)32-17-16-25(35)36/h4-5,8-9,12-15,20,22,32H,6-7,10-11,16-18H2,1-3H3,(H,33,37)(H,35,36). The molecule has 1 fully saturated rings. The van der Waals surface area contributed by atoms with E-state index >= 15 is 0 Å². The van der Waals surface area contributed by atoms with Crippen molar-refractivity contribution in [3.05, 3.63) is 54.1 Å². The molecule has 1 aliphatic carbocycles. The molecule has 0 saturated heterocycles. The molecule has 0 aliphatic heterocycles. The first kappa shape index (κ1) is 32.2. The van der Waals surface area contributed by atoms with Crippen LogP contribution in [-0.4, -0.2) is 49.4 Å². The Morgan fingerprint density at radius 2 is 1.56 bits per heavy atom. The number of alkyl halides is 3. The normalized spacial score (nSPS) is 18.0. The summed E-state index contributed by atoms with van der Waals surface area (Å²) in [5.74, 6) is -1.02. The van der Waals surface area contributed by atoms with Crippen LogP contribution in [0.25, 0.3) is 0 Å². The number of carboxylic acid groups (broad SMARTS) is 1. The monoisotopic (exact) mass is 599 g/mol. The molecule has 1 saturated carbocycles. The van der Waals surface area contributed by atoms with E-state index < -0.39 is 34.1 Å². The highest BCUT2D eigenvalue weighted by Crippen LogP contribution is 2.39. The zero-order valence-electron chi connectivity index (χ0n) is 23.2. The zero-order valence-corrected chi connectivity index (χ0v) is 24.0. The van der Waals surface area contributed by atoms with Gasteiger partial charge in [0.15, 0.2) is 0 Å². The molecule has 3 N–H and O–H groups in total. The minimum atomic E-state index is -4.82. The van der Waals surface area contributed by atoms with Gasteiger partial charge in [-0.3, -0.25) is 4.79 Å². The van der Waals surface area contributed by atoms with Gasteiger partial charge in [-0.2, -0.15) is 0 Å². The largest absolute Gasteiger partial charge is 0.573 e. The fourth-order valence-electron chi connectivity index (χ4n) is 4.90. The minimum Gasteiger partial charge on any atom is -0.481 e. The summed E-state index contributed by atoms with van der Waals surface area (Å²) in [6.07, 6.45) is -1.77. The molecule has 2 aromatic rings. The second kappa shape index (κ2) is 13.1. The van der Waals surface area contributed by atoms with Crippen molar-refractivity contribution in [2.75, 3.05) is 11.9 Å². The topological polar surface area (TPSA) is 125 Å².